The molecule has 1 spiro atoms. The highest BCUT2D eigenvalue weighted by Crippen LogP contribution is 2.58. The number of hydrogen-bond acceptors (Lipinski definition) is 8. The van der Waals surface area contributed by atoms with Gasteiger partial charge in [-0.25, -0.2) is 0 Å². The van der Waals surface area contributed by atoms with Gasteiger partial charge in [-0.15, -0.1) is 5.10 Å². The molecule has 0 aliphatic carbocycles. The molecule has 208 valence electrons. The van der Waals surface area contributed by atoms with Gasteiger partial charge in [0.25, 0.3) is 11.5 Å². The zero-order valence-corrected chi connectivity index (χ0v) is 23.6. The number of aliphatic hydroxyl groups is 1. The number of carbonyl (C=O) groups is 1. The van der Waals surface area contributed by atoms with E-state index in [4.69, 9.17) is 4.74 Å². The molecule has 0 radical (unpaired) electrons. The van der Waals surface area contributed by atoms with E-state index in [1.165, 1.54) is 4.68 Å². The van der Waals surface area contributed by atoms with Gasteiger partial charge >= 0.3 is 0 Å². The molecule has 3 N–H and O–H groups in total. The molecule has 6 rings (SSSR count). The summed E-state index contributed by atoms with van der Waals surface area (Å²) < 4.78 is 9.76. The van der Waals surface area contributed by atoms with E-state index in [0.29, 0.717) is 47.4 Å². The normalized spacial score (nSPS) is 24.1. The first kappa shape index (κ1) is 26.5. The lowest BCUT2D eigenvalue weighted by Crippen LogP contribution is -2.43. The van der Waals surface area contributed by atoms with E-state index in [9.17, 15) is 19.5 Å². The molecule has 0 saturated carbocycles. The van der Waals surface area contributed by atoms with Crippen LogP contribution in [0.25, 0.3) is 16.5 Å². The van der Waals surface area contributed by atoms with Crippen molar-refractivity contribution in [2.45, 2.75) is 56.7 Å². The highest BCUT2D eigenvalue weighted by atomic mass is 28.4. The van der Waals surface area contributed by atoms with Crippen LogP contribution >= 0.6 is 0 Å². The predicted molar refractivity (Wildman–Crippen MR) is 151 cm³/mol. The zero-order valence-electron chi connectivity index (χ0n) is 22.6. The fraction of sp³-hybridized carbons (Fsp3) is 0.393. The minimum Gasteiger partial charge on any atom is -0.432 e. The molecule has 4 atom stereocenters. The molecule has 40 heavy (non-hydrogen) atoms. The molecule has 0 bridgehead atoms. The Kier molecular flexibility index (Phi) is 6.45. The summed E-state index contributed by atoms with van der Waals surface area (Å²) in [6.45, 7) is 6.19. The first-order valence-corrected chi connectivity index (χ1v) is 16.5. The van der Waals surface area contributed by atoms with Crippen LogP contribution in [0.2, 0.25) is 18.6 Å². The smallest absolute Gasteiger partial charge is 0.279 e. The van der Waals surface area contributed by atoms with Crippen molar-refractivity contribution in [1.82, 2.24) is 24.8 Å². The van der Waals surface area contributed by atoms with E-state index in [-0.39, 0.29) is 29.5 Å². The number of rotatable bonds is 7. The van der Waals surface area contributed by atoms with Gasteiger partial charge in [0.1, 0.15) is 0 Å². The van der Waals surface area contributed by atoms with Gasteiger partial charge in [-0.05, 0) is 43.8 Å². The van der Waals surface area contributed by atoms with Gasteiger partial charge in [0, 0.05) is 53.9 Å². The Morgan fingerprint density at radius 1 is 1.18 bits per heavy atom. The number of hydrogen-bond donors (Lipinski definition) is 3. The number of fused-ring (bicyclic) bond motifs is 3. The average molecular weight is 561 g/mol. The van der Waals surface area contributed by atoms with Gasteiger partial charge in [0.05, 0.1) is 29.1 Å². The largest absolute Gasteiger partial charge is 0.432 e. The summed E-state index contributed by atoms with van der Waals surface area (Å²) in [5.74, 6) is -0.606. The third-order valence-electron chi connectivity index (χ3n) is 8.26. The SMILES string of the molecule is C[C@@H]1[C@@H]([Si](C)(C)O)[C@H](CCn2cc(CCO)nn2)O[C@@]12C(=O)Nc1ccc(-n3ncc4ccccc4c3=O)cc12. The van der Waals surface area contributed by atoms with Crippen LogP contribution in [0.1, 0.15) is 24.6 Å². The highest BCUT2D eigenvalue weighted by Gasteiger charge is 2.64. The molecule has 12 heteroatoms. The molecule has 1 saturated heterocycles. The summed E-state index contributed by atoms with van der Waals surface area (Å²) in [4.78, 5) is 38.4. The van der Waals surface area contributed by atoms with Crippen LogP contribution in [0.3, 0.4) is 0 Å². The number of nitrogens with one attached hydrogen (secondary N) is 1. The zero-order chi connectivity index (χ0) is 28.2. The Bertz CT molecular complexity index is 1660. The first-order chi connectivity index (χ1) is 19.1. The Hall–Kier alpha value is -3.71. The number of carbonyl (C=O) groups excluding carboxylic acids is 1. The van der Waals surface area contributed by atoms with Crippen LogP contribution in [0.4, 0.5) is 5.69 Å². The van der Waals surface area contributed by atoms with Gasteiger partial charge in [-0.3, -0.25) is 14.3 Å². The summed E-state index contributed by atoms with van der Waals surface area (Å²) >= 11 is 0. The lowest BCUT2D eigenvalue weighted by atomic mass is 9.82. The number of aryl methyl sites for hydroxylation is 1. The fourth-order valence-electron chi connectivity index (χ4n) is 6.50. The van der Waals surface area contributed by atoms with Crippen LogP contribution < -0.4 is 10.9 Å². The van der Waals surface area contributed by atoms with Gasteiger partial charge in [0.2, 0.25) is 0 Å². The summed E-state index contributed by atoms with van der Waals surface area (Å²) in [6.07, 6.45) is 3.98. The molecule has 2 aromatic heterocycles. The molecule has 2 aliphatic rings. The molecule has 1 fully saturated rings. The van der Waals surface area contributed by atoms with Gasteiger partial charge in [-0.1, -0.05) is 30.3 Å². The maximum absolute atomic E-state index is 13.7. The average Bonchev–Trinajstić information content (AvgIpc) is 3.58. The van der Waals surface area contributed by atoms with Crippen molar-refractivity contribution >= 4 is 30.7 Å². The van der Waals surface area contributed by atoms with Crippen LogP contribution in [0.5, 0.6) is 0 Å². The van der Waals surface area contributed by atoms with Crippen molar-refractivity contribution in [3.8, 4) is 5.69 Å². The topological polar surface area (TPSA) is 144 Å². The van der Waals surface area contributed by atoms with E-state index in [1.54, 1.807) is 41.3 Å². The van der Waals surface area contributed by atoms with Crippen LogP contribution in [-0.2, 0) is 28.1 Å². The monoisotopic (exact) mass is 560 g/mol. The fourth-order valence-corrected chi connectivity index (χ4v) is 9.10. The quantitative estimate of drug-likeness (QED) is 0.292. The molecule has 4 heterocycles. The van der Waals surface area contributed by atoms with Gasteiger partial charge < -0.3 is 20.0 Å². The van der Waals surface area contributed by atoms with Crippen LogP contribution in [0, 0.1) is 5.92 Å². The Balaban J connectivity index is 1.38. The second kappa shape index (κ2) is 9.73. The number of aromatic nitrogens is 5. The molecular formula is C28H32N6O5Si. The summed E-state index contributed by atoms with van der Waals surface area (Å²) in [5.41, 5.74) is 0.673. The second-order valence-corrected chi connectivity index (χ2v) is 15.2. The number of ether oxygens (including phenoxy) is 1. The van der Waals surface area contributed by atoms with E-state index < -0.39 is 20.0 Å². The number of anilines is 1. The lowest BCUT2D eigenvalue weighted by molar-refractivity contribution is -0.143. The van der Waals surface area contributed by atoms with E-state index >= 15 is 0 Å². The van der Waals surface area contributed by atoms with Crippen molar-refractivity contribution in [3.05, 3.63) is 76.5 Å². The predicted octanol–water partition coefficient (Wildman–Crippen LogP) is 2.35. The number of aliphatic hydroxyl groups excluding tert-OH is 1. The minimum absolute atomic E-state index is 0.00576. The third kappa shape index (κ3) is 4.18. The van der Waals surface area contributed by atoms with Crippen molar-refractivity contribution in [1.29, 1.82) is 0 Å². The summed E-state index contributed by atoms with van der Waals surface area (Å²) in [5, 5.41) is 26.1. The van der Waals surface area contributed by atoms with Crippen LogP contribution in [0.15, 0.2) is 59.7 Å². The van der Waals surface area contributed by atoms with Gasteiger partial charge in [-0.2, -0.15) is 9.78 Å². The maximum atomic E-state index is 13.7. The van der Waals surface area contributed by atoms with E-state index in [1.807, 2.05) is 38.2 Å². The van der Waals surface area contributed by atoms with Crippen molar-refractivity contribution in [2.75, 3.05) is 11.9 Å². The van der Waals surface area contributed by atoms with E-state index in [2.05, 4.69) is 20.7 Å². The first-order valence-electron chi connectivity index (χ1n) is 13.5. The number of benzene rings is 2. The maximum Gasteiger partial charge on any atom is 0.279 e. The van der Waals surface area contributed by atoms with Crippen molar-refractivity contribution < 1.29 is 19.4 Å². The van der Waals surface area contributed by atoms with Crippen molar-refractivity contribution in [3.63, 3.8) is 0 Å². The molecular weight excluding hydrogens is 528 g/mol. The Morgan fingerprint density at radius 3 is 2.75 bits per heavy atom. The summed E-state index contributed by atoms with van der Waals surface area (Å²) in [6, 6.07) is 12.6. The number of amides is 1. The Labute approximate surface area is 231 Å². The Morgan fingerprint density at radius 2 is 1.98 bits per heavy atom. The standard InChI is InChI=1S/C28H32N6O5Si/c1-17-25(40(2,3)38)24(10-12-33-16-19(11-13-35)31-32-33)39-28(17)22-14-20(8-9-23(22)30-27(28)37)34-26(36)21-7-5-4-6-18(21)15-29-34/h4-9,14-17,24-25,35,38H,10-13H2,1-3H3,(H,30,37)/t17-,24+,25-,28+/m1/s1. The minimum atomic E-state index is -2.81. The van der Waals surface area contributed by atoms with Crippen LogP contribution in [-0.4, -0.2) is 61.6 Å². The van der Waals surface area contributed by atoms with Crippen molar-refractivity contribution in [2.24, 2.45) is 5.92 Å². The molecule has 1 amide bonds. The third-order valence-corrected chi connectivity index (χ3v) is 10.8. The second-order valence-electron chi connectivity index (χ2n) is 11.2. The molecule has 0 unspecified atom stereocenters. The molecule has 2 aromatic carbocycles. The summed E-state index contributed by atoms with van der Waals surface area (Å²) in [7, 11) is -2.81. The molecule has 2 aliphatic heterocycles. The highest BCUT2D eigenvalue weighted by molar-refractivity contribution is 6.71. The molecule has 4 aromatic rings. The molecule has 11 nitrogen and oxygen atoms in total. The van der Waals surface area contributed by atoms with Gasteiger partial charge in [0.15, 0.2) is 13.9 Å². The lowest BCUT2D eigenvalue weighted by Gasteiger charge is -2.32. The number of nitrogens with zero attached hydrogens (tertiary/aromatic N) is 5. The van der Waals surface area contributed by atoms with E-state index in [0.717, 1.165) is 5.39 Å².